The van der Waals surface area contributed by atoms with Gasteiger partial charge in [-0.05, 0) is 30.7 Å². The molecule has 0 atom stereocenters. The van der Waals surface area contributed by atoms with Crippen molar-refractivity contribution in [2.75, 3.05) is 0 Å². The maximum Gasteiger partial charge on any atom is 0.352 e. The Morgan fingerprint density at radius 3 is 2.67 bits per heavy atom. The summed E-state index contributed by atoms with van der Waals surface area (Å²) in [7, 11) is 0. The highest BCUT2D eigenvalue weighted by atomic mass is 35.5. The monoisotopic (exact) mass is 386 g/mol. The van der Waals surface area contributed by atoms with E-state index in [-0.39, 0.29) is 17.9 Å². The van der Waals surface area contributed by atoms with E-state index in [9.17, 15) is 14.0 Å². The van der Waals surface area contributed by atoms with E-state index in [0.29, 0.717) is 34.5 Å². The largest absolute Gasteiger partial charge is 0.352 e. The molecule has 4 rings (SSSR count). The number of aryl methyl sites for hydroxylation is 1. The van der Waals surface area contributed by atoms with Crippen LogP contribution in [-0.4, -0.2) is 18.7 Å². The Morgan fingerprint density at radius 1 is 1.15 bits per heavy atom. The summed E-state index contributed by atoms with van der Waals surface area (Å²) in [5.74, 6) is -0.196. The molecule has 2 heterocycles. The van der Waals surface area contributed by atoms with Crippen molar-refractivity contribution in [1.82, 2.24) is 18.7 Å². The maximum absolute atomic E-state index is 14.0. The van der Waals surface area contributed by atoms with Crippen molar-refractivity contribution in [2.24, 2.45) is 0 Å². The molecule has 2 aromatic carbocycles. The summed E-state index contributed by atoms with van der Waals surface area (Å²) in [6.45, 7) is 2.32. The van der Waals surface area contributed by atoms with Gasteiger partial charge in [-0.2, -0.15) is 0 Å². The van der Waals surface area contributed by atoms with Crippen LogP contribution in [0.15, 0.2) is 52.1 Å². The molecule has 0 bridgehead atoms. The van der Waals surface area contributed by atoms with Crippen LogP contribution in [0.25, 0.3) is 16.7 Å². The molecule has 2 aromatic heterocycles. The van der Waals surface area contributed by atoms with Crippen LogP contribution in [0.2, 0.25) is 5.02 Å². The minimum absolute atomic E-state index is 0.0322. The first-order chi connectivity index (χ1) is 13.0. The smallest absolute Gasteiger partial charge is 0.276 e. The second-order valence-corrected chi connectivity index (χ2v) is 6.72. The number of benzene rings is 2. The number of fused-ring (bicyclic) bond motifs is 3. The highest BCUT2D eigenvalue weighted by molar-refractivity contribution is 6.31. The standard InChI is InChI=1S/C19H16ClFN4O2/c1-2-9-23-17(26)14-8-7-13(20)10-16(14)25-18(23)22-24(19(25)27)11-12-5-3-4-6-15(12)21/h3-8,10H,2,9,11H2,1H3. The first-order valence-corrected chi connectivity index (χ1v) is 8.94. The Balaban J connectivity index is 2.06. The molecular weight excluding hydrogens is 371 g/mol. The Hall–Kier alpha value is -2.93. The summed E-state index contributed by atoms with van der Waals surface area (Å²) in [5.41, 5.74) is 0.0406. The van der Waals surface area contributed by atoms with Crippen LogP contribution in [0.3, 0.4) is 0 Å². The lowest BCUT2D eigenvalue weighted by Crippen LogP contribution is -2.26. The van der Waals surface area contributed by atoms with Gasteiger partial charge in [0, 0.05) is 17.1 Å². The van der Waals surface area contributed by atoms with E-state index in [0.717, 1.165) is 0 Å². The molecule has 0 unspecified atom stereocenters. The lowest BCUT2D eigenvalue weighted by Gasteiger charge is -2.08. The fourth-order valence-electron chi connectivity index (χ4n) is 3.20. The summed E-state index contributed by atoms with van der Waals surface area (Å²) in [5, 5.41) is 5.12. The summed E-state index contributed by atoms with van der Waals surface area (Å²) in [6, 6.07) is 11.0. The average Bonchev–Trinajstić information content (AvgIpc) is 2.97. The van der Waals surface area contributed by atoms with Gasteiger partial charge in [0.2, 0.25) is 5.78 Å². The third kappa shape index (κ3) is 2.84. The lowest BCUT2D eigenvalue weighted by molar-refractivity contribution is 0.577. The molecule has 27 heavy (non-hydrogen) atoms. The van der Waals surface area contributed by atoms with E-state index < -0.39 is 11.5 Å². The molecule has 8 heteroatoms. The van der Waals surface area contributed by atoms with Crippen molar-refractivity contribution in [1.29, 1.82) is 0 Å². The van der Waals surface area contributed by atoms with E-state index >= 15 is 0 Å². The van der Waals surface area contributed by atoms with Gasteiger partial charge in [0.25, 0.3) is 5.56 Å². The average molecular weight is 387 g/mol. The predicted octanol–water partition coefficient (Wildman–Crippen LogP) is 3.06. The molecule has 0 amide bonds. The first-order valence-electron chi connectivity index (χ1n) is 8.56. The number of aromatic nitrogens is 4. The molecule has 0 fully saturated rings. The van der Waals surface area contributed by atoms with Crippen molar-refractivity contribution in [3.05, 3.63) is 79.7 Å². The molecule has 138 valence electrons. The van der Waals surface area contributed by atoms with E-state index in [2.05, 4.69) is 5.10 Å². The van der Waals surface area contributed by atoms with Crippen LogP contribution in [-0.2, 0) is 13.1 Å². The van der Waals surface area contributed by atoms with Crippen LogP contribution in [0, 0.1) is 5.82 Å². The third-order valence-electron chi connectivity index (χ3n) is 4.47. The van der Waals surface area contributed by atoms with Crippen LogP contribution in [0.5, 0.6) is 0 Å². The molecule has 0 radical (unpaired) electrons. The predicted molar refractivity (Wildman–Crippen MR) is 102 cm³/mol. The van der Waals surface area contributed by atoms with Gasteiger partial charge in [0.1, 0.15) is 5.82 Å². The van der Waals surface area contributed by atoms with Crippen molar-refractivity contribution in [2.45, 2.75) is 26.4 Å². The van der Waals surface area contributed by atoms with Crippen molar-refractivity contribution >= 4 is 28.3 Å². The Morgan fingerprint density at radius 2 is 1.93 bits per heavy atom. The summed E-state index contributed by atoms with van der Waals surface area (Å²) in [4.78, 5) is 25.9. The quantitative estimate of drug-likeness (QED) is 0.541. The van der Waals surface area contributed by atoms with Gasteiger partial charge in [-0.1, -0.05) is 36.7 Å². The topological polar surface area (TPSA) is 61.3 Å². The minimum Gasteiger partial charge on any atom is -0.276 e. The van der Waals surface area contributed by atoms with Crippen LogP contribution in [0.1, 0.15) is 18.9 Å². The first kappa shape index (κ1) is 17.5. The fraction of sp³-hybridized carbons (Fsp3) is 0.211. The zero-order valence-electron chi connectivity index (χ0n) is 14.5. The number of nitrogens with zero attached hydrogens (tertiary/aromatic N) is 4. The number of rotatable bonds is 4. The summed E-state index contributed by atoms with van der Waals surface area (Å²) < 4.78 is 18.0. The van der Waals surface area contributed by atoms with E-state index in [1.807, 2.05) is 6.92 Å². The van der Waals surface area contributed by atoms with E-state index in [1.165, 1.54) is 19.7 Å². The maximum atomic E-state index is 14.0. The Kier molecular flexibility index (Phi) is 4.31. The third-order valence-corrected chi connectivity index (χ3v) is 4.70. The summed E-state index contributed by atoms with van der Waals surface area (Å²) in [6.07, 6.45) is 0.697. The molecule has 0 N–H and O–H groups in total. The van der Waals surface area contributed by atoms with Crippen LogP contribution in [0.4, 0.5) is 4.39 Å². The number of hydrogen-bond acceptors (Lipinski definition) is 3. The second kappa shape index (κ2) is 6.66. The van der Waals surface area contributed by atoms with Gasteiger partial charge in [-0.15, -0.1) is 5.10 Å². The molecule has 0 spiro atoms. The van der Waals surface area contributed by atoms with Crippen LogP contribution >= 0.6 is 11.6 Å². The number of halogens is 2. The minimum atomic E-state index is -0.453. The molecule has 0 aliphatic heterocycles. The van der Waals surface area contributed by atoms with Crippen molar-refractivity contribution in [3.8, 4) is 0 Å². The molecule has 6 nitrogen and oxygen atoms in total. The molecule has 0 aliphatic carbocycles. The Labute approximate surface area is 158 Å². The van der Waals surface area contributed by atoms with E-state index in [1.54, 1.807) is 36.4 Å². The normalized spacial score (nSPS) is 11.5. The van der Waals surface area contributed by atoms with Gasteiger partial charge < -0.3 is 0 Å². The van der Waals surface area contributed by atoms with Gasteiger partial charge in [-0.25, -0.2) is 18.3 Å². The molecule has 4 aromatic rings. The highest BCUT2D eigenvalue weighted by Crippen LogP contribution is 2.17. The second-order valence-electron chi connectivity index (χ2n) is 6.29. The molecule has 0 aliphatic rings. The zero-order chi connectivity index (χ0) is 19.1. The Bertz CT molecular complexity index is 1290. The zero-order valence-corrected chi connectivity index (χ0v) is 15.3. The number of hydrogen-bond donors (Lipinski definition) is 0. The van der Waals surface area contributed by atoms with Gasteiger partial charge >= 0.3 is 5.69 Å². The fourth-order valence-corrected chi connectivity index (χ4v) is 3.37. The highest BCUT2D eigenvalue weighted by Gasteiger charge is 2.18. The molecular formula is C19H16ClFN4O2. The SMILES string of the molecule is CCCn1c(=O)c2ccc(Cl)cc2n2c(=O)n(Cc3ccccc3F)nc12. The van der Waals surface area contributed by atoms with Crippen molar-refractivity contribution < 1.29 is 4.39 Å². The van der Waals surface area contributed by atoms with E-state index in [4.69, 9.17) is 11.6 Å². The molecule has 0 saturated heterocycles. The van der Waals surface area contributed by atoms with Gasteiger partial charge in [0.15, 0.2) is 0 Å². The molecule has 0 saturated carbocycles. The van der Waals surface area contributed by atoms with Crippen LogP contribution < -0.4 is 11.2 Å². The van der Waals surface area contributed by atoms with Gasteiger partial charge in [-0.3, -0.25) is 9.36 Å². The van der Waals surface area contributed by atoms with Crippen molar-refractivity contribution in [3.63, 3.8) is 0 Å². The van der Waals surface area contributed by atoms with Gasteiger partial charge in [0.05, 0.1) is 17.4 Å². The summed E-state index contributed by atoms with van der Waals surface area (Å²) >= 11 is 6.08. The lowest BCUT2D eigenvalue weighted by atomic mass is 10.2.